The van der Waals surface area contributed by atoms with Gasteiger partial charge in [0.25, 0.3) is 0 Å². The van der Waals surface area contributed by atoms with Crippen molar-refractivity contribution in [2.45, 2.75) is 52.2 Å². The van der Waals surface area contributed by atoms with Gasteiger partial charge in [-0.15, -0.1) is 0 Å². The Morgan fingerprint density at radius 1 is 0.885 bits per heavy atom. The molecule has 1 heterocycles. The van der Waals surface area contributed by atoms with E-state index in [1.54, 1.807) is 0 Å². The lowest BCUT2D eigenvalue weighted by atomic mass is 9.95. The number of aromatic nitrogens is 1. The monoisotopic (exact) mass is 344 g/mol. The van der Waals surface area contributed by atoms with E-state index in [0.29, 0.717) is 18.1 Å². The summed E-state index contributed by atoms with van der Waals surface area (Å²) >= 11 is 0. The lowest BCUT2D eigenvalue weighted by molar-refractivity contribution is 0.136. The van der Waals surface area contributed by atoms with Crippen molar-refractivity contribution in [2.24, 2.45) is 0 Å². The highest BCUT2D eigenvalue weighted by Crippen LogP contribution is 2.35. The molecule has 1 atom stereocenters. The molecule has 0 saturated carbocycles. The fourth-order valence-corrected chi connectivity index (χ4v) is 4.62. The van der Waals surface area contributed by atoms with Gasteiger partial charge >= 0.3 is 0 Å². The summed E-state index contributed by atoms with van der Waals surface area (Å²) < 4.78 is 2.46. The van der Waals surface area contributed by atoms with Gasteiger partial charge in [-0.05, 0) is 45.9 Å². The van der Waals surface area contributed by atoms with Crippen molar-refractivity contribution in [3.05, 3.63) is 71.9 Å². The van der Waals surface area contributed by atoms with E-state index in [-0.39, 0.29) is 0 Å². The molecule has 0 saturated heterocycles. The van der Waals surface area contributed by atoms with Crippen LogP contribution in [0.5, 0.6) is 0 Å². The third-order valence-corrected chi connectivity index (χ3v) is 5.49. The number of rotatable bonds is 4. The summed E-state index contributed by atoms with van der Waals surface area (Å²) in [6, 6.07) is 21.0. The van der Waals surface area contributed by atoms with Crippen LogP contribution in [0.1, 0.15) is 39.0 Å². The van der Waals surface area contributed by atoms with E-state index in [2.05, 4.69) is 104 Å². The predicted octanol–water partition coefficient (Wildman–Crippen LogP) is 5.69. The van der Waals surface area contributed by atoms with E-state index in [4.69, 9.17) is 0 Å². The maximum absolute atomic E-state index is 2.62. The van der Waals surface area contributed by atoms with Gasteiger partial charge in [-0.3, -0.25) is 4.90 Å². The molecule has 0 radical (unpaired) electrons. The number of fused-ring (bicyclic) bond motifs is 3. The van der Waals surface area contributed by atoms with Gasteiger partial charge in [-0.1, -0.05) is 48.6 Å². The Balaban J connectivity index is 1.88. The van der Waals surface area contributed by atoms with Crippen molar-refractivity contribution in [1.29, 1.82) is 0 Å². The molecule has 134 valence electrons. The Hall–Kier alpha value is -2.32. The average Bonchev–Trinajstić information content (AvgIpc) is 2.95. The molecule has 1 aromatic heterocycles. The highest BCUT2D eigenvalue weighted by molar-refractivity contribution is 5.93. The topological polar surface area (TPSA) is 8.17 Å². The third kappa shape index (κ3) is 2.79. The maximum Gasteiger partial charge on any atom is 0.0537 e. The summed E-state index contributed by atoms with van der Waals surface area (Å²) in [6.07, 6.45) is 5.80. The molecule has 0 aliphatic heterocycles. The highest BCUT2D eigenvalue weighted by Gasteiger charge is 2.28. The van der Waals surface area contributed by atoms with Gasteiger partial charge in [0.05, 0.1) is 5.52 Å². The van der Waals surface area contributed by atoms with E-state index in [0.717, 1.165) is 6.42 Å². The molecular weight excluding hydrogens is 316 g/mol. The SMILES string of the molecule is CC(C)N(C(C)C)C1C=Cc2c(n(-c3ccccc3)c3ccccc23)C1. The van der Waals surface area contributed by atoms with Gasteiger partial charge in [0.15, 0.2) is 0 Å². The molecule has 0 amide bonds. The Bertz CT molecular complexity index is 924. The minimum Gasteiger partial charge on any atom is -0.313 e. The predicted molar refractivity (Wildman–Crippen MR) is 112 cm³/mol. The zero-order valence-corrected chi connectivity index (χ0v) is 16.2. The minimum atomic E-state index is 0.439. The molecule has 26 heavy (non-hydrogen) atoms. The lowest BCUT2D eigenvalue weighted by Crippen LogP contribution is -2.46. The minimum absolute atomic E-state index is 0.439. The Morgan fingerprint density at radius 2 is 1.54 bits per heavy atom. The molecule has 0 bridgehead atoms. The Labute approximate surface area is 156 Å². The van der Waals surface area contributed by atoms with Gasteiger partial charge in [-0.25, -0.2) is 0 Å². The largest absolute Gasteiger partial charge is 0.313 e. The van der Waals surface area contributed by atoms with Crippen molar-refractivity contribution < 1.29 is 0 Å². The summed E-state index contributed by atoms with van der Waals surface area (Å²) in [5, 5.41) is 1.35. The molecule has 1 unspecified atom stereocenters. The average molecular weight is 345 g/mol. The van der Waals surface area contributed by atoms with Crippen LogP contribution in [-0.2, 0) is 6.42 Å². The second-order valence-electron chi connectivity index (χ2n) is 7.81. The van der Waals surface area contributed by atoms with Crippen LogP contribution in [0, 0.1) is 0 Å². The molecule has 0 fully saturated rings. The van der Waals surface area contributed by atoms with Crippen molar-refractivity contribution in [3.63, 3.8) is 0 Å². The van der Waals surface area contributed by atoms with Gasteiger partial charge in [0.1, 0.15) is 0 Å². The second-order valence-corrected chi connectivity index (χ2v) is 7.81. The first-order valence-electron chi connectivity index (χ1n) is 9.71. The van der Waals surface area contributed by atoms with Crippen LogP contribution in [0.25, 0.3) is 22.7 Å². The molecule has 4 rings (SSSR count). The first-order chi connectivity index (χ1) is 12.6. The van der Waals surface area contributed by atoms with Crippen LogP contribution in [-0.4, -0.2) is 27.6 Å². The van der Waals surface area contributed by atoms with Gasteiger partial charge in [0, 0.05) is 46.9 Å². The molecule has 2 aromatic carbocycles. The second kappa shape index (κ2) is 6.77. The molecule has 1 aliphatic rings. The van der Waals surface area contributed by atoms with E-state index in [1.165, 1.54) is 27.8 Å². The Morgan fingerprint density at radius 3 is 2.23 bits per heavy atom. The van der Waals surface area contributed by atoms with E-state index in [1.807, 2.05) is 0 Å². The first-order valence-corrected chi connectivity index (χ1v) is 9.71. The number of nitrogens with zero attached hydrogens (tertiary/aromatic N) is 2. The third-order valence-electron chi connectivity index (χ3n) is 5.49. The molecule has 0 spiro atoms. The molecular formula is C24H28N2. The first kappa shape index (κ1) is 17.1. The van der Waals surface area contributed by atoms with E-state index in [9.17, 15) is 0 Å². The zero-order chi connectivity index (χ0) is 18.3. The fraction of sp³-hybridized carbons (Fsp3) is 0.333. The van der Waals surface area contributed by atoms with Crippen LogP contribution < -0.4 is 0 Å². The molecule has 3 aromatic rings. The summed E-state index contributed by atoms with van der Waals surface area (Å²) in [6.45, 7) is 9.21. The summed E-state index contributed by atoms with van der Waals surface area (Å²) in [5.74, 6) is 0. The number of para-hydroxylation sites is 2. The van der Waals surface area contributed by atoms with Crippen molar-refractivity contribution in [3.8, 4) is 5.69 Å². The molecule has 0 N–H and O–H groups in total. The Kier molecular flexibility index (Phi) is 4.46. The van der Waals surface area contributed by atoms with E-state index >= 15 is 0 Å². The molecule has 2 nitrogen and oxygen atoms in total. The van der Waals surface area contributed by atoms with Crippen LogP contribution in [0.2, 0.25) is 0 Å². The van der Waals surface area contributed by atoms with Crippen molar-refractivity contribution >= 4 is 17.0 Å². The normalized spacial score (nSPS) is 16.8. The van der Waals surface area contributed by atoms with Gasteiger partial charge in [-0.2, -0.15) is 0 Å². The summed E-state index contributed by atoms with van der Waals surface area (Å²) in [5.41, 5.74) is 5.36. The highest BCUT2D eigenvalue weighted by atomic mass is 15.2. The van der Waals surface area contributed by atoms with Crippen LogP contribution in [0.15, 0.2) is 60.7 Å². The standard InChI is InChI=1S/C24H28N2/c1-17(2)25(18(3)4)20-14-15-22-21-12-8-9-13-23(21)26(24(22)16-20)19-10-6-5-7-11-19/h5-15,17-18,20H,16H2,1-4H3. The lowest BCUT2D eigenvalue weighted by Gasteiger charge is -2.38. The number of hydrogen-bond acceptors (Lipinski definition) is 1. The summed E-state index contributed by atoms with van der Waals surface area (Å²) in [7, 11) is 0. The van der Waals surface area contributed by atoms with Crippen LogP contribution in [0.4, 0.5) is 0 Å². The fourth-order valence-electron chi connectivity index (χ4n) is 4.62. The van der Waals surface area contributed by atoms with E-state index < -0.39 is 0 Å². The van der Waals surface area contributed by atoms with Crippen LogP contribution in [0.3, 0.4) is 0 Å². The van der Waals surface area contributed by atoms with Gasteiger partial charge < -0.3 is 4.57 Å². The van der Waals surface area contributed by atoms with Gasteiger partial charge in [0.2, 0.25) is 0 Å². The zero-order valence-electron chi connectivity index (χ0n) is 16.2. The molecule has 1 aliphatic carbocycles. The van der Waals surface area contributed by atoms with Crippen molar-refractivity contribution in [2.75, 3.05) is 0 Å². The van der Waals surface area contributed by atoms with Crippen molar-refractivity contribution in [1.82, 2.24) is 9.47 Å². The van der Waals surface area contributed by atoms with Crippen LogP contribution >= 0.6 is 0 Å². The number of benzene rings is 2. The molecule has 2 heteroatoms. The summed E-state index contributed by atoms with van der Waals surface area (Å²) in [4.78, 5) is 2.62. The number of hydrogen-bond donors (Lipinski definition) is 0. The maximum atomic E-state index is 2.62. The quantitative estimate of drug-likeness (QED) is 0.590. The smallest absolute Gasteiger partial charge is 0.0537 e.